The van der Waals surface area contributed by atoms with Gasteiger partial charge in [-0.15, -0.1) is 0 Å². The fraction of sp³-hybridized carbons (Fsp3) is 0.700. The smallest absolute Gasteiger partial charge is 0.214 e. The number of aryl methyl sites for hydroxylation is 1. The molecule has 3 N–H and O–H groups in total. The highest BCUT2D eigenvalue weighted by molar-refractivity contribution is 7.89. The summed E-state index contributed by atoms with van der Waals surface area (Å²) in [6.07, 6.45) is 3.59. The quantitative estimate of drug-likeness (QED) is 0.771. The van der Waals surface area contributed by atoms with Crippen LogP contribution in [0.2, 0.25) is 0 Å². The molecule has 0 aromatic heterocycles. The van der Waals surface area contributed by atoms with Gasteiger partial charge in [-0.1, -0.05) is 25.5 Å². The van der Waals surface area contributed by atoms with E-state index in [4.69, 9.17) is 10.5 Å². The van der Waals surface area contributed by atoms with E-state index in [1.165, 1.54) is 0 Å². The van der Waals surface area contributed by atoms with E-state index >= 15 is 0 Å². The summed E-state index contributed by atoms with van der Waals surface area (Å²) in [4.78, 5) is 0. The molecule has 1 fully saturated rings. The van der Waals surface area contributed by atoms with Crippen molar-refractivity contribution >= 4 is 10.0 Å². The Hall–Kier alpha value is -1.15. The summed E-state index contributed by atoms with van der Waals surface area (Å²) < 4.78 is 32.7. The summed E-state index contributed by atoms with van der Waals surface area (Å²) in [5, 5.41) is 10.5. The van der Waals surface area contributed by atoms with E-state index in [0.29, 0.717) is 38.2 Å². The van der Waals surface area contributed by atoms with Crippen LogP contribution in [0.1, 0.15) is 55.4 Å². The molecule has 2 aliphatic heterocycles. The topological polar surface area (TPSA) is 92.9 Å². The number of hydrogen-bond acceptors (Lipinski definition) is 5. The molecule has 2 unspecified atom stereocenters. The summed E-state index contributed by atoms with van der Waals surface area (Å²) in [6.45, 7) is 5.38. The number of nitrogens with zero attached hydrogens (tertiary/aromatic N) is 1. The number of piperidine rings is 1. The number of aromatic hydroxyl groups is 1. The molecule has 2 atom stereocenters. The molecule has 2 aliphatic rings. The molecule has 6 nitrogen and oxygen atoms in total. The van der Waals surface area contributed by atoms with Crippen molar-refractivity contribution in [2.45, 2.75) is 58.2 Å². The summed E-state index contributed by atoms with van der Waals surface area (Å²) in [5.41, 5.74) is 8.72. The lowest BCUT2D eigenvalue weighted by Gasteiger charge is -2.40. The molecule has 0 spiro atoms. The fourth-order valence-corrected chi connectivity index (χ4v) is 5.94. The van der Waals surface area contributed by atoms with Gasteiger partial charge in [-0.3, -0.25) is 0 Å². The van der Waals surface area contributed by atoms with Crippen molar-refractivity contribution < 1.29 is 18.3 Å². The van der Waals surface area contributed by atoms with Crippen molar-refractivity contribution in [3.63, 3.8) is 0 Å². The summed E-state index contributed by atoms with van der Waals surface area (Å²) >= 11 is 0. The zero-order valence-corrected chi connectivity index (χ0v) is 17.2. The van der Waals surface area contributed by atoms with Crippen LogP contribution in [-0.2, 0) is 21.2 Å². The molecule has 0 aliphatic carbocycles. The highest BCUT2D eigenvalue weighted by Gasteiger charge is 2.37. The second-order valence-corrected chi connectivity index (χ2v) is 9.90. The van der Waals surface area contributed by atoms with E-state index in [1.807, 2.05) is 26.0 Å². The molecule has 1 aromatic rings. The van der Waals surface area contributed by atoms with Gasteiger partial charge in [-0.2, -0.15) is 0 Å². The third-order valence-corrected chi connectivity index (χ3v) is 7.96. The lowest BCUT2D eigenvalue weighted by Crippen LogP contribution is -2.44. The van der Waals surface area contributed by atoms with Crippen molar-refractivity contribution in [1.29, 1.82) is 0 Å². The van der Waals surface area contributed by atoms with Gasteiger partial charge in [0.25, 0.3) is 0 Å². The van der Waals surface area contributed by atoms with Gasteiger partial charge in [0.1, 0.15) is 5.75 Å². The fourth-order valence-electron chi connectivity index (χ4n) is 4.26. The van der Waals surface area contributed by atoms with Crippen molar-refractivity contribution in [3.8, 4) is 5.75 Å². The Kier molecular flexibility index (Phi) is 6.46. The number of ether oxygens (including phenoxy) is 1. The maximum absolute atomic E-state index is 12.4. The van der Waals surface area contributed by atoms with Crippen LogP contribution < -0.4 is 5.73 Å². The standard InChI is InChI=1S/C20H32N2O4S/c1-3-4-11-27(24,25)22-9-7-15(8-10-22)18-12-17-16(19(13-21)26-18)6-5-14(2)20(17)23/h5-6,15,18-19,23H,3-4,7-13,21H2,1-2H3. The molecule has 0 saturated carbocycles. The van der Waals surface area contributed by atoms with Crippen molar-refractivity contribution in [2.75, 3.05) is 25.4 Å². The SMILES string of the molecule is CCCCS(=O)(=O)N1CCC(C2Cc3c(ccc(C)c3O)C(CN)O2)CC1. The van der Waals surface area contributed by atoms with Gasteiger partial charge in [0.05, 0.1) is 18.0 Å². The third-order valence-electron chi connectivity index (χ3n) is 6.00. The van der Waals surface area contributed by atoms with Crippen LogP contribution in [0.5, 0.6) is 5.75 Å². The highest BCUT2D eigenvalue weighted by Crippen LogP contribution is 2.40. The molecule has 0 amide bonds. The number of benzene rings is 1. The molecule has 1 aromatic carbocycles. The Morgan fingerprint density at radius 3 is 2.63 bits per heavy atom. The van der Waals surface area contributed by atoms with Crippen LogP contribution in [0.25, 0.3) is 0 Å². The number of fused-ring (bicyclic) bond motifs is 1. The van der Waals surface area contributed by atoms with Crippen LogP contribution in [-0.4, -0.2) is 49.3 Å². The molecular weight excluding hydrogens is 364 g/mol. The Morgan fingerprint density at radius 2 is 2.00 bits per heavy atom. The van der Waals surface area contributed by atoms with Crippen LogP contribution in [0, 0.1) is 12.8 Å². The van der Waals surface area contributed by atoms with E-state index in [0.717, 1.165) is 36.0 Å². The zero-order chi connectivity index (χ0) is 19.6. The van der Waals surface area contributed by atoms with E-state index < -0.39 is 10.0 Å². The Morgan fingerprint density at radius 1 is 1.30 bits per heavy atom. The van der Waals surface area contributed by atoms with Gasteiger partial charge < -0.3 is 15.6 Å². The minimum Gasteiger partial charge on any atom is -0.507 e. The molecule has 2 heterocycles. The largest absolute Gasteiger partial charge is 0.507 e. The van der Waals surface area contributed by atoms with E-state index in [-0.39, 0.29) is 23.9 Å². The minimum atomic E-state index is -3.14. The van der Waals surface area contributed by atoms with Gasteiger partial charge in [-0.05, 0) is 43.2 Å². The predicted molar refractivity (Wildman–Crippen MR) is 106 cm³/mol. The number of sulfonamides is 1. The number of phenols is 1. The first kappa shape index (κ1) is 20.6. The normalized spacial score (nSPS) is 24.7. The van der Waals surface area contributed by atoms with Crippen LogP contribution in [0.3, 0.4) is 0 Å². The maximum Gasteiger partial charge on any atom is 0.214 e. The average molecular weight is 397 g/mol. The number of rotatable bonds is 6. The first-order valence-corrected chi connectivity index (χ1v) is 11.6. The molecular formula is C20H32N2O4S. The molecule has 7 heteroatoms. The monoisotopic (exact) mass is 396 g/mol. The Bertz CT molecular complexity index is 757. The number of unbranched alkanes of at least 4 members (excludes halogenated alkanes) is 1. The number of phenolic OH excluding ortho intramolecular Hbond substituents is 1. The number of nitrogens with two attached hydrogens (primary N) is 1. The number of hydrogen-bond donors (Lipinski definition) is 2. The summed E-state index contributed by atoms with van der Waals surface area (Å²) in [5.74, 6) is 0.868. The molecule has 152 valence electrons. The zero-order valence-electron chi connectivity index (χ0n) is 16.4. The summed E-state index contributed by atoms with van der Waals surface area (Å²) in [7, 11) is -3.14. The van der Waals surface area contributed by atoms with E-state index in [2.05, 4.69) is 0 Å². The van der Waals surface area contributed by atoms with Crippen LogP contribution >= 0.6 is 0 Å². The van der Waals surface area contributed by atoms with Gasteiger partial charge in [-0.25, -0.2) is 12.7 Å². The highest BCUT2D eigenvalue weighted by atomic mass is 32.2. The van der Waals surface area contributed by atoms with Crippen molar-refractivity contribution in [1.82, 2.24) is 4.31 Å². The summed E-state index contributed by atoms with van der Waals surface area (Å²) in [6, 6.07) is 3.90. The molecule has 0 bridgehead atoms. The minimum absolute atomic E-state index is 0.0285. The van der Waals surface area contributed by atoms with E-state index in [9.17, 15) is 13.5 Å². The van der Waals surface area contributed by atoms with Gasteiger partial charge in [0.2, 0.25) is 10.0 Å². The van der Waals surface area contributed by atoms with Gasteiger partial charge in [0, 0.05) is 31.6 Å². The second kappa shape index (κ2) is 8.47. The second-order valence-electron chi connectivity index (χ2n) is 7.81. The van der Waals surface area contributed by atoms with Crippen LogP contribution in [0.15, 0.2) is 12.1 Å². The lowest BCUT2D eigenvalue weighted by atomic mass is 9.83. The van der Waals surface area contributed by atoms with E-state index in [1.54, 1.807) is 4.31 Å². The van der Waals surface area contributed by atoms with Crippen molar-refractivity contribution in [3.05, 3.63) is 28.8 Å². The molecule has 1 saturated heterocycles. The molecule has 3 rings (SSSR count). The Labute approximate surface area is 162 Å². The first-order valence-electron chi connectivity index (χ1n) is 10.0. The third kappa shape index (κ3) is 4.31. The Balaban J connectivity index is 1.69. The molecule has 27 heavy (non-hydrogen) atoms. The van der Waals surface area contributed by atoms with Gasteiger partial charge >= 0.3 is 0 Å². The first-order chi connectivity index (χ1) is 12.9. The predicted octanol–water partition coefficient (Wildman–Crippen LogP) is 2.48. The average Bonchev–Trinajstić information content (AvgIpc) is 2.68. The maximum atomic E-state index is 12.4. The van der Waals surface area contributed by atoms with Crippen LogP contribution in [0.4, 0.5) is 0 Å². The lowest BCUT2D eigenvalue weighted by molar-refractivity contribution is -0.0612. The van der Waals surface area contributed by atoms with Crippen molar-refractivity contribution in [2.24, 2.45) is 11.7 Å². The molecule has 0 radical (unpaired) electrons. The van der Waals surface area contributed by atoms with Gasteiger partial charge in [0.15, 0.2) is 0 Å².